The molecule has 9 heteroatoms. The summed E-state index contributed by atoms with van der Waals surface area (Å²) in [5.74, 6) is 0.994. The van der Waals surface area contributed by atoms with Crippen LogP contribution in [0.4, 0.5) is 11.8 Å². The van der Waals surface area contributed by atoms with E-state index in [1.54, 1.807) is 10.8 Å². The Morgan fingerprint density at radius 3 is 2.87 bits per heavy atom. The van der Waals surface area contributed by atoms with Crippen LogP contribution in [0, 0.1) is 0 Å². The van der Waals surface area contributed by atoms with Gasteiger partial charge >= 0.3 is 0 Å². The quantitative estimate of drug-likeness (QED) is 0.441. The molecule has 1 atom stereocenters. The van der Waals surface area contributed by atoms with Gasteiger partial charge in [0.2, 0.25) is 5.95 Å². The first kappa shape index (κ1) is 19.5. The first-order chi connectivity index (χ1) is 15.1. The molecule has 0 aliphatic carbocycles. The summed E-state index contributed by atoms with van der Waals surface area (Å²) in [6, 6.07) is 9.64. The molecule has 1 unspecified atom stereocenters. The fourth-order valence-electron chi connectivity index (χ4n) is 3.96. The van der Waals surface area contributed by atoms with Crippen LogP contribution in [0.5, 0.6) is 0 Å². The molecule has 5 rings (SSSR count). The molecule has 3 aromatic heterocycles. The Morgan fingerprint density at radius 1 is 1.29 bits per heavy atom. The molecule has 0 radical (unpaired) electrons. The monoisotopic (exact) mass is 419 g/mol. The lowest BCUT2D eigenvalue weighted by atomic mass is 10.2. The average Bonchev–Trinajstić information content (AvgIpc) is 3.43. The molecule has 1 aliphatic heterocycles. The zero-order chi connectivity index (χ0) is 21.4. The minimum Gasteiger partial charge on any atom is -0.376 e. The first-order valence-electron chi connectivity index (χ1n) is 10.6. The van der Waals surface area contributed by atoms with Gasteiger partial charge in [0, 0.05) is 25.4 Å². The van der Waals surface area contributed by atoms with E-state index in [1.165, 1.54) is 0 Å². The number of nitrogens with zero attached hydrogens (tertiary/aromatic N) is 4. The van der Waals surface area contributed by atoms with Crippen molar-refractivity contribution < 1.29 is 4.74 Å². The summed E-state index contributed by atoms with van der Waals surface area (Å²) in [5, 5.41) is 15.1. The van der Waals surface area contributed by atoms with E-state index in [4.69, 9.17) is 9.72 Å². The number of ether oxygens (including phenoxy) is 1. The highest BCUT2D eigenvalue weighted by molar-refractivity contribution is 6.06. The molecule has 3 N–H and O–H groups in total. The van der Waals surface area contributed by atoms with E-state index in [-0.39, 0.29) is 17.7 Å². The lowest BCUT2D eigenvalue weighted by Crippen LogP contribution is -2.23. The number of para-hydroxylation sites is 1. The Bertz CT molecular complexity index is 1270. The van der Waals surface area contributed by atoms with Crippen LogP contribution in [-0.2, 0) is 4.74 Å². The molecule has 0 saturated carbocycles. The minimum absolute atomic E-state index is 0.132. The Hall–Kier alpha value is -3.46. The number of pyridine rings is 1. The van der Waals surface area contributed by atoms with Crippen molar-refractivity contribution in [3.63, 3.8) is 0 Å². The maximum Gasteiger partial charge on any atom is 0.270 e. The summed E-state index contributed by atoms with van der Waals surface area (Å²) in [6.45, 7) is 5.44. The summed E-state index contributed by atoms with van der Waals surface area (Å²) < 4.78 is 7.30. The third-order valence-electron chi connectivity index (χ3n) is 5.38. The van der Waals surface area contributed by atoms with Crippen LogP contribution in [0.2, 0.25) is 0 Å². The van der Waals surface area contributed by atoms with E-state index in [9.17, 15) is 4.79 Å². The summed E-state index contributed by atoms with van der Waals surface area (Å²) in [4.78, 5) is 22.8. The number of benzene rings is 1. The minimum atomic E-state index is -0.186. The van der Waals surface area contributed by atoms with E-state index in [0.29, 0.717) is 34.9 Å². The van der Waals surface area contributed by atoms with Crippen molar-refractivity contribution in [2.45, 2.75) is 38.8 Å². The summed E-state index contributed by atoms with van der Waals surface area (Å²) in [6.07, 6.45) is 3.99. The SMILES string of the molecule is CC(C)Nc1n[nH]c2c1c(=O)n(-c1ccccc1)c1nc(NCC3CCCO3)ncc21. The molecule has 0 bridgehead atoms. The zero-order valence-electron chi connectivity index (χ0n) is 17.6. The number of aromatic nitrogens is 5. The standard InChI is InChI=1S/C22H25N7O2/c1-13(2)25-19-17-18(27-28-19)16-12-24-22(23-11-15-9-6-10-31-15)26-20(16)29(21(17)30)14-7-4-3-5-8-14/h3-5,7-8,12-13,15H,6,9-11H2,1-2H3,(H,23,24,26)(H2,25,27,28). The van der Waals surface area contributed by atoms with Crippen molar-refractivity contribution in [1.29, 1.82) is 0 Å². The molecule has 0 amide bonds. The van der Waals surface area contributed by atoms with Gasteiger partial charge in [0.15, 0.2) is 11.5 Å². The smallest absolute Gasteiger partial charge is 0.270 e. The third kappa shape index (κ3) is 3.61. The summed E-state index contributed by atoms with van der Waals surface area (Å²) in [5.41, 5.74) is 1.70. The fourth-order valence-corrected chi connectivity index (χ4v) is 3.96. The number of hydrogen-bond donors (Lipinski definition) is 3. The maximum absolute atomic E-state index is 13.6. The van der Waals surface area contributed by atoms with Gasteiger partial charge in [-0.3, -0.25) is 14.5 Å². The molecule has 0 spiro atoms. The average molecular weight is 419 g/mol. The van der Waals surface area contributed by atoms with Crippen LogP contribution in [0.1, 0.15) is 26.7 Å². The second kappa shape index (κ2) is 7.99. The van der Waals surface area contributed by atoms with Crippen LogP contribution in [0.3, 0.4) is 0 Å². The fraction of sp³-hybridized carbons (Fsp3) is 0.364. The van der Waals surface area contributed by atoms with Gasteiger partial charge in [-0.25, -0.2) is 4.98 Å². The highest BCUT2D eigenvalue weighted by Gasteiger charge is 2.21. The predicted molar refractivity (Wildman–Crippen MR) is 121 cm³/mol. The lowest BCUT2D eigenvalue weighted by Gasteiger charge is -2.14. The van der Waals surface area contributed by atoms with E-state index in [2.05, 4.69) is 25.8 Å². The molecule has 1 aliphatic rings. The van der Waals surface area contributed by atoms with Crippen molar-refractivity contribution >= 4 is 33.7 Å². The normalized spacial score (nSPS) is 16.4. The Balaban J connectivity index is 1.69. The number of nitrogens with one attached hydrogen (secondary N) is 3. The molecular formula is C22H25N7O2. The Morgan fingerprint density at radius 2 is 2.13 bits per heavy atom. The van der Waals surface area contributed by atoms with Crippen molar-refractivity contribution in [2.75, 3.05) is 23.8 Å². The van der Waals surface area contributed by atoms with Crippen LogP contribution in [0.15, 0.2) is 41.3 Å². The molecular weight excluding hydrogens is 394 g/mol. The highest BCUT2D eigenvalue weighted by atomic mass is 16.5. The molecule has 1 saturated heterocycles. The number of hydrogen-bond acceptors (Lipinski definition) is 7. The van der Waals surface area contributed by atoms with E-state index >= 15 is 0 Å². The predicted octanol–water partition coefficient (Wildman–Crippen LogP) is 3.07. The molecule has 31 heavy (non-hydrogen) atoms. The van der Waals surface area contributed by atoms with Gasteiger partial charge in [-0.1, -0.05) is 18.2 Å². The van der Waals surface area contributed by atoms with Gasteiger partial charge in [-0.15, -0.1) is 0 Å². The summed E-state index contributed by atoms with van der Waals surface area (Å²) >= 11 is 0. The van der Waals surface area contributed by atoms with Gasteiger partial charge in [0.25, 0.3) is 5.56 Å². The number of aromatic amines is 1. The number of anilines is 2. The maximum atomic E-state index is 13.6. The highest BCUT2D eigenvalue weighted by Crippen LogP contribution is 2.27. The van der Waals surface area contributed by atoms with Gasteiger partial charge < -0.3 is 15.4 Å². The molecule has 160 valence electrons. The topological polar surface area (TPSA) is 110 Å². The van der Waals surface area contributed by atoms with Crippen LogP contribution in [-0.4, -0.2) is 50.0 Å². The van der Waals surface area contributed by atoms with Gasteiger partial charge in [0.1, 0.15) is 5.39 Å². The first-order valence-corrected chi connectivity index (χ1v) is 10.6. The zero-order valence-corrected chi connectivity index (χ0v) is 17.6. The third-order valence-corrected chi connectivity index (χ3v) is 5.38. The van der Waals surface area contributed by atoms with E-state index in [0.717, 1.165) is 30.5 Å². The molecule has 1 aromatic carbocycles. The molecule has 4 aromatic rings. The van der Waals surface area contributed by atoms with E-state index < -0.39 is 0 Å². The number of fused-ring (bicyclic) bond motifs is 3. The van der Waals surface area contributed by atoms with Gasteiger partial charge in [-0.05, 0) is 38.8 Å². The summed E-state index contributed by atoms with van der Waals surface area (Å²) in [7, 11) is 0. The largest absolute Gasteiger partial charge is 0.376 e. The van der Waals surface area contributed by atoms with Crippen molar-refractivity contribution in [1.82, 2.24) is 24.7 Å². The van der Waals surface area contributed by atoms with Crippen LogP contribution < -0.4 is 16.2 Å². The van der Waals surface area contributed by atoms with Crippen molar-refractivity contribution in [3.8, 4) is 5.69 Å². The Kier molecular flexibility index (Phi) is 5.03. The number of rotatable bonds is 6. The molecule has 4 heterocycles. The second-order valence-electron chi connectivity index (χ2n) is 8.04. The second-order valence-corrected chi connectivity index (χ2v) is 8.04. The van der Waals surface area contributed by atoms with Crippen molar-refractivity contribution in [3.05, 3.63) is 46.9 Å². The van der Waals surface area contributed by atoms with Gasteiger partial charge in [0.05, 0.1) is 22.7 Å². The van der Waals surface area contributed by atoms with Gasteiger partial charge in [-0.2, -0.15) is 10.1 Å². The van der Waals surface area contributed by atoms with E-state index in [1.807, 2.05) is 44.2 Å². The number of H-pyrrole nitrogens is 1. The molecule has 1 fully saturated rings. The molecule has 9 nitrogen and oxygen atoms in total. The van der Waals surface area contributed by atoms with Crippen LogP contribution >= 0.6 is 0 Å². The Labute approximate surface area is 178 Å². The van der Waals surface area contributed by atoms with Crippen LogP contribution in [0.25, 0.3) is 27.6 Å². The van der Waals surface area contributed by atoms with Crippen molar-refractivity contribution in [2.24, 2.45) is 0 Å². The lowest BCUT2D eigenvalue weighted by molar-refractivity contribution is 0.120.